The number of fused-ring (bicyclic) bond motifs is 7. The molecular formula is C56H42N2O3. The van der Waals surface area contributed by atoms with E-state index < -0.39 is 0 Å². The molecule has 9 aromatic carbocycles. The molecule has 0 radical (unpaired) electrons. The molecule has 61 heavy (non-hydrogen) atoms. The molecule has 0 fully saturated rings. The maximum atomic E-state index is 11.0. The predicted molar refractivity (Wildman–Crippen MR) is 254 cm³/mol. The summed E-state index contributed by atoms with van der Waals surface area (Å²) in [5.74, 6) is 0.237. The first kappa shape index (κ1) is 36.3. The lowest BCUT2D eigenvalue weighted by molar-refractivity contribution is 0.477. The molecular weight excluding hydrogens is 749 g/mol. The Morgan fingerprint density at radius 1 is 0.393 bits per heavy atom. The predicted octanol–water partition coefficient (Wildman–Crippen LogP) is 16.2. The summed E-state index contributed by atoms with van der Waals surface area (Å²) in [5.41, 5.74) is 15.5. The molecule has 11 rings (SSSR count). The van der Waals surface area contributed by atoms with Crippen LogP contribution in [0, 0.1) is 27.7 Å². The van der Waals surface area contributed by atoms with E-state index in [4.69, 9.17) is 8.83 Å². The normalized spacial score (nSPS) is 11.7. The molecule has 5 heteroatoms. The van der Waals surface area contributed by atoms with Gasteiger partial charge in [-0.1, -0.05) is 115 Å². The van der Waals surface area contributed by atoms with Crippen LogP contribution in [0.15, 0.2) is 185 Å². The molecule has 1 N–H and O–H groups in total. The van der Waals surface area contributed by atoms with Crippen molar-refractivity contribution < 1.29 is 13.9 Å². The van der Waals surface area contributed by atoms with Gasteiger partial charge in [-0.3, -0.25) is 0 Å². The van der Waals surface area contributed by atoms with Crippen LogP contribution in [0.25, 0.3) is 65.8 Å². The summed E-state index contributed by atoms with van der Waals surface area (Å²) in [5, 5.41) is 17.2. The first-order chi connectivity index (χ1) is 29.8. The zero-order valence-electron chi connectivity index (χ0n) is 34.4. The van der Waals surface area contributed by atoms with Gasteiger partial charge >= 0.3 is 0 Å². The number of rotatable bonds is 7. The molecule has 0 saturated heterocycles. The number of hydrogen-bond acceptors (Lipinski definition) is 5. The second kappa shape index (κ2) is 14.2. The van der Waals surface area contributed by atoms with Gasteiger partial charge in [0.25, 0.3) is 0 Å². The Morgan fingerprint density at radius 2 is 0.934 bits per heavy atom. The van der Waals surface area contributed by atoms with Gasteiger partial charge < -0.3 is 23.7 Å². The number of phenols is 1. The molecule has 0 amide bonds. The van der Waals surface area contributed by atoms with Gasteiger partial charge in [-0.05, 0) is 116 Å². The summed E-state index contributed by atoms with van der Waals surface area (Å²) >= 11 is 0. The monoisotopic (exact) mass is 790 g/mol. The molecule has 5 nitrogen and oxygen atoms in total. The summed E-state index contributed by atoms with van der Waals surface area (Å²) in [6.45, 7) is 8.64. The van der Waals surface area contributed by atoms with E-state index in [1.165, 1.54) is 22.3 Å². The van der Waals surface area contributed by atoms with Crippen LogP contribution >= 0.6 is 0 Å². The van der Waals surface area contributed by atoms with Crippen molar-refractivity contribution in [1.29, 1.82) is 0 Å². The van der Waals surface area contributed by atoms with Gasteiger partial charge in [0.05, 0.1) is 22.4 Å². The summed E-state index contributed by atoms with van der Waals surface area (Å²) in [6.07, 6.45) is 0. The molecule has 0 aliphatic rings. The first-order valence-corrected chi connectivity index (χ1v) is 20.7. The zero-order valence-corrected chi connectivity index (χ0v) is 34.4. The third-order valence-electron chi connectivity index (χ3n) is 12.4. The molecule has 0 aliphatic carbocycles. The maximum Gasteiger partial charge on any atom is 0.162 e. The van der Waals surface area contributed by atoms with Crippen molar-refractivity contribution in [2.24, 2.45) is 0 Å². The second-order valence-electron chi connectivity index (χ2n) is 16.1. The smallest absolute Gasteiger partial charge is 0.162 e. The van der Waals surface area contributed by atoms with Crippen LogP contribution in [0.2, 0.25) is 0 Å². The molecule has 0 atom stereocenters. The molecule has 2 aromatic heterocycles. The van der Waals surface area contributed by atoms with Crippen LogP contribution in [-0.4, -0.2) is 5.11 Å². The SMILES string of the molecule is Cc1ccc(N(c2cccc3c2oc2ccccc23)c2c3ccccc3c(N(c3cccc(-c4ccccc4O)c3)c3ccc(C)c(C)c3)c3c2oc2ccccc23)cc1C. The Labute approximate surface area is 353 Å². The lowest BCUT2D eigenvalue weighted by Gasteiger charge is -2.32. The van der Waals surface area contributed by atoms with E-state index in [0.717, 1.165) is 99.9 Å². The number of anilines is 6. The molecule has 0 aliphatic heterocycles. The standard InChI is InChI=1S/C56H42N2O3/c1-34-27-29-40(31-36(34)3)57(39-16-13-15-38(33-39)42-17-7-10-24-49(42)59)53-44-19-5-6-20-45(44)54(56-52(53)47-21-9-12-26-51(47)61-56)58(41-30-28-35(2)37(4)32-41)48-23-14-22-46-43-18-8-11-25-50(43)60-55(46)48/h5-33,59H,1-4H3. The van der Waals surface area contributed by atoms with Crippen molar-refractivity contribution in [3.8, 4) is 16.9 Å². The van der Waals surface area contributed by atoms with Crippen LogP contribution < -0.4 is 9.80 Å². The molecule has 294 valence electrons. The minimum absolute atomic E-state index is 0.237. The number of para-hydroxylation sites is 4. The highest BCUT2D eigenvalue weighted by Crippen LogP contribution is 2.55. The minimum Gasteiger partial charge on any atom is -0.507 e. The van der Waals surface area contributed by atoms with E-state index in [1.54, 1.807) is 6.07 Å². The van der Waals surface area contributed by atoms with E-state index >= 15 is 0 Å². The fraction of sp³-hybridized carbons (Fsp3) is 0.0714. The highest BCUT2D eigenvalue weighted by atomic mass is 16.3. The minimum atomic E-state index is 0.237. The number of benzene rings is 9. The largest absolute Gasteiger partial charge is 0.507 e. The molecule has 2 heterocycles. The molecule has 0 saturated carbocycles. The number of furan rings is 2. The zero-order chi connectivity index (χ0) is 41.4. The van der Waals surface area contributed by atoms with Crippen LogP contribution in [0.4, 0.5) is 34.1 Å². The van der Waals surface area contributed by atoms with Gasteiger partial charge in [-0.2, -0.15) is 0 Å². The van der Waals surface area contributed by atoms with Gasteiger partial charge in [-0.25, -0.2) is 0 Å². The second-order valence-corrected chi connectivity index (χ2v) is 16.1. The van der Waals surface area contributed by atoms with Crippen molar-refractivity contribution in [2.45, 2.75) is 27.7 Å². The van der Waals surface area contributed by atoms with Crippen molar-refractivity contribution in [1.82, 2.24) is 0 Å². The molecule has 0 bridgehead atoms. The van der Waals surface area contributed by atoms with E-state index in [0.29, 0.717) is 0 Å². The summed E-state index contributed by atoms with van der Waals surface area (Å²) in [7, 11) is 0. The number of aromatic hydroxyl groups is 1. The first-order valence-electron chi connectivity index (χ1n) is 20.7. The third kappa shape index (κ3) is 5.84. The van der Waals surface area contributed by atoms with E-state index in [2.05, 4.69) is 171 Å². The van der Waals surface area contributed by atoms with Gasteiger partial charge in [0.2, 0.25) is 0 Å². The van der Waals surface area contributed by atoms with Crippen molar-refractivity contribution >= 4 is 88.8 Å². The van der Waals surface area contributed by atoms with Gasteiger partial charge in [0.1, 0.15) is 16.9 Å². The van der Waals surface area contributed by atoms with Crippen LogP contribution in [-0.2, 0) is 0 Å². The van der Waals surface area contributed by atoms with Crippen LogP contribution in [0.5, 0.6) is 5.75 Å². The maximum absolute atomic E-state index is 11.0. The summed E-state index contributed by atoms with van der Waals surface area (Å²) in [4.78, 5) is 4.71. The molecule has 0 unspecified atom stereocenters. The van der Waals surface area contributed by atoms with Crippen molar-refractivity contribution in [3.05, 3.63) is 198 Å². The van der Waals surface area contributed by atoms with E-state index in [9.17, 15) is 5.11 Å². The Bertz CT molecular complexity index is 3520. The number of nitrogens with zero attached hydrogens (tertiary/aromatic N) is 2. The van der Waals surface area contributed by atoms with Gasteiger partial charge in [0.15, 0.2) is 11.2 Å². The topological polar surface area (TPSA) is 53.0 Å². The lowest BCUT2D eigenvalue weighted by atomic mass is 9.96. The lowest BCUT2D eigenvalue weighted by Crippen LogP contribution is -2.15. The Kier molecular flexibility index (Phi) is 8.46. The van der Waals surface area contributed by atoms with Gasteiger partial charge in [-0.15, -0.1) is 0 Å². The average Bonchev–Trinajstić information content (AvgIpc) is 3.86. The summed E-state index contributed by atoms with van der Waals surface area (Å²) in [6, 6.07) is 61.0. The fourth-order valence-corrected chi connectivity index (χ4v) is 9.02. The quantitative estimate of drug-likeness (QED) is 0.163. The highest BCUT2D eigenvalue weighted by molar-refractivity contribution is 6.28. The van der Waals surface area contributed by atoms with E-state index in [1.807, 2.05) is 36.4 Å². The number of phenolic OH excluding ortho intramolecular Hbond substituents is 1. The number of hydrogen-bond donors (Lipinski definition) is 1. The highest BCUT2D eigenvalue weighted by Gasteiger charge is 2.31. The fourth-order valence-electron chi connectivity index (χ4n) is 9.02. The average molecular weight is 791 g/mol. The number of aryl methyl sites for hydroxylation is 4. The third-order valence-corrected chi connectivity index (χ3v) is 12.4. The Morgan fingerprint density at radius 3 is 1.64 bits per heavy atom. The van der Waals surface area contributed by atoms with E-state index in [-0.39, 0.29) is 5.75 Å². The van der Waals surface area contributed by atoms with Crippen LogP contribution in [0.3, 0.4) is 0 Å². The van der Waals surface area contributed by atoms with Crippen molar-refractivity contribution in [2.75, 3.05) is 9.80 Å². The van der Waals surface area contributed by atoms with Crippen molar-refractivity contribution in [3.63, 3.8) is 0 Å². The molecule has 0 spiro atoms. The van der Waals surface area contributed by atoms with Gasteiger partial charge in [0, 0.05) is 49.6 Å². The Hall–Kier alpha value is -7.76. The summed E-state index contributed by atoms with van der Waals surface area (Å²) < 4.78 is 14.0. The van der Waals surface area contributed by atoms with Crippen LogP contribution in [0.1, 0.15) is 22.3 Å². The Balaban J connectivity index is 1.29. The molecule has 11 aromatic rings.